The van der Waals surface area contributed by atoms with Crippen LogP contribution in [0, 0.1) is 0 Å². The largest absolute Gasteiger partial charge is 0.372 e. The second-order valence-corrected chi connectivity index (χ2v) is 7.46. The lowest BCUT2D eigenvalue weighted by molar-refractivity contribution is 0.176. The number of sulfonamides is 1. The third kappa shape index (κ3) is 3.04. The van der Waals surface area contributed by atoms with E-state index in [0.717, 1.165) is 25.9 Å². The van der Waals surface area contributed by atoms with E-state index in [9.17, 15) is 8.42 Å². The molecular formula is C14H22N4O2S. The summed E-state index contributed by atoms with van der Waals surface area (Å²) in [5.74, 6) is 0.392. The van der Waals surface area contributed by atoms with Crippen LogP contribution in [-0.2, 0) is 10.0 Å². The van der Waals surface area contributed by atoms with Crippen LogP contribution in [0.15, 0.2) is 23.2 Å². The van der Waals surface area contributed by atoms with E-state index in [1.807, 2.05) is 0 Å². The van der Waals surface area contributed by atoms with Gasteiger partial charge in [-0.1, -0.05) is 0 Å². The van der Waals surface area contributed by atoms with Crippen molar-refractivity contribution in [2.45, 2.75) is 42.7 Å². The highest BCUT2D eigenvalue weighted by Crippen LogP contribution is 2.28. The first kappa shape index (κ1) is 14.7. The third-order valence-electron chi connectivity index (χ3n) is 4.44. The molecule has 0 radical (unpaired) electrons. The molecule has 0 bridgehead atoms. The molecule has 2 N–H and O–H groups in total. The average molecular weight is 310 g/mol. The van der Waals surface area contributed by atoms with E-state index >= 15 is 0 Å². The van der Waals surface area contributed by atoms with Crippen molar-refractivity contribution >= 4 is 15.8 Å². The molecule has 0 aromatic carbocycles. The van der Waals surface area contributed by atoms with Crippen molar-refractivity contribution < 1.29 is 8.42 Å². The predicted molar refractivity (Wildman–Crippen MR) is 81.7 cm³/mol. The second-order valence-electron chi connectivity index (χ2n) is 5.77. The van der Waals surface area contributed by atoms with Gasteiger partial charge in [-0.2, -0.15) is 0 Å². The number of hydrogen-bond acceptors (Lipinski definition) is 5. The Morgan fingerprint density at radius 3 is 3.00 bits per heavy atom. The summed E-state index contributed by atoms with van der Waals surface area (Å²) >= 11 is 0. The van der Waals surface area contributed by atoms with Gasteiger partial charge in [-0.3, -0.25) is 0 Å². The minimum Gasteiger partial charge on any atom is -0.372 e. The molecule has 1 aromatic heterocycles. The van der Waals surface area contributed by atoms with E-state index in [1.54, 1.807) is 25.4 Å². The van der Waals surface area contributed by atoms with E-state index in [2.05, 4.69) is 19.9 Å². The molecule has 3 rings (SSSR count). The normalized spacial score (nSPS) is 26.5. The molecule has 2 aliphatic heterocycles. The maximum absolute atomic E-state index is 12.6. The number of piperidine rings is 1. The maximum Gasteiger partial charge on any atom is 0.244 e. The molecule has 0 saturated carbocycles. The molecule has 2 saturated heterocycles. The summed E-state index contributed by atoms with van der Waals surface area (Å²) in [6.45, 7) is 2.15. The van der Waals surface area contributed by atoms with E-state index < -0.39 is 10.0 Å². The van der Waals surface area contributed by atoms with Gasteiger partial charge >= 0.3 is 0 Å². The fraction of sp³-hybridized carbons (Fsp3) is 0.643. The van der Waals surface area contributed by atoms with E-state index in [1.165, 1.54) is 12.8 Å². The van der Waals surface area contributed by atoms with E-state index in [0.29, 0.717) is 11.9 Å². The van der Waals surface area contributed by atoms with Gasteiger partial charge in [0.1, 0.15) is 10.7 Å². The monoisotopic (exact) mass is 310 g/mol. The zero-order chi connectivity index (χ0) is 14.9. The molecule has 116 valence electrons. The van der Waals surface area contributed by atoms with Crippen LogP contribution in [0.3, 0.4) is 0 Å². The highest BCUT2D eigenvalue weighted by molar-refractivity contribution is 7.89. The Morgan fingerprint density at radius 2 is 2.19 bits per heavy atom. The van der Waals surface area contributed by atoms with Gasteiger partial charge in [-0.15, -0.1) is 0 Å². The minimum absolute atomic E-state index is 0.0271. The molecule has 2 unspecified atom stereocenters. The number of rotatable bonds is 4. The number of aromatic nitrogens is 1. The Kier molecular flexibility index (Phi) is 4.14. The zero-order valence-corrected chi connectivity index (χ0v) is 13.1. The van der Waals surface area contributed by atoms with E-state index in [4.69, 9.17) is 0 Å². The number of nitrogens with one attached hydrogen (secondary N) is 2. The fourth-order valence-electron chi connectivity index (χ4n) is 3.41. The molecule has 21 heavy (non-hydrogen) atoms. The first-order valence-corrected chi connectivity index (χ1v) is 8.97. The molecule has 1 aromatic rings. The summed E-state index contributed by atoms with van der Waals surface area (Å²) in [5, 5.41) is 2.84. The first-order chi connectivity index (χ1) is 10.1. The summed E-state index contributed by atoms with van der Waals surface area (Å²) < 4.78 is 28.0. The molecule has 0 amide bonds. The number of hydrogen-bond donors (Lipinski definition) is 2. The van der Waals surface area contributed by atoms with Gasteiger partial charge in [-0.25, -0.2) is 18.1 Å². The first-order valence-electron chi connectivity index (χ1n) is 7.49. The molecule has 6 nitrogen and oxygen atoms in total. The molecule has 0 aliphatic carbocycles. The fourth-order valence-corrected chi connectivity index (χ4v) is 4.86. The number of pyridine rings is 1. The SMILES string of the molecule is CNc1ncccc1S(=O)(=O)NC1CCN2CCCC2C1. The Morgan fingerprint density at radius 1 is 1.33 bits per heavy atom. The molecule has 2 atom stereocenters. The predicted octanol–water partition coefficient (Wildman–Crippen LogP) is 1.03. The van der Waals surface area contributed by atoms with Crippen LogP contribution >= 0.6 is 0 Å². The molecular weight excluding hydrogens is 288 g/mol. The highest BCUT2D eigenvalue weighted by Gasteiger charge is 2.34. The molecule has 3 heterocycles. The zero-order valence-electron chi connectivity index (χ0n) is 12.2. The van der Waals surface area contributed by atoms with Gasteiger partial charge in [0.05, 0.1) is 0 Å². The summed E-state index contributed by atoms with van der Waals surface area (Å²) in [5.41, 5.74) is 0. The number of anilines is 1. The summed E-state index contributed by atoms with van der Waals surface area (Å²) in [6.07, 6.45) is 5.80. The second kappa shape index (κ2) is 5.90. The standard InChI is InChI=1S/C14H22N4O2S/c1-15-14-13(5-2-7-16-14)21(19,20)17-11-6-9-18-8-3-4-12(18)10-11/h2,5,7,11-12,17H,3-4,6,8-10H2,1H3,(H,15,16). The third-order valence-corrected chi connectivity index (χ3v) is 5.99. The quantitative estimate of drug-likeness (QED) is 0.869. The van der Waals surface area contributed by atoms with Crippen molar-refractivity contribution in [2.24, 2.45) is 0 Å². The van der Waals surface area contributed by atoms with Crippen LogP contribution in [0.4, 0.5) is 5.82 Å². The average Bonchev–Trinajstić information content (AvgIpc) is 2.94. The Labute approximate surface area is 126 Å². The van der Waals surface area contributed by atoms with Gasteiger partial charge in [0.25, 0.3) is 0 Å². The summed E-state index contributed by atoms with van der Waals surface area (Å²) in [7, 11) is -1.85. The highest BCUT2D eigenvalue weighted by atomic mass is 32.2. The van der Waals surface area contributed by atoms with Crippen molar-refractivity contribution in [3.8, 4) is 0 Å². The van der Waals surface area contributed by atoms with Crippen molar-refractivity contribution in [1.29, 1.82) is 0 Å². The van der Waals surface area contributed by atoms with Crippen molar-refractivity contribution in [3.05, 3.63) is 18.3 Å². The van der Waals surface area contributed by atoms with Gasteiger partial charge in [0.2, 0.25) is 10.0 Å². The van der Waals surface area contributed by atoms with Crippen LogP contribution < -0.4 is 10.0 Å². The Bertz CT molecular complexity index is 605. The molecule has 7 heteroatoms. The van der Waals surface area contributed by atoms with Crippen molar-refractivity contribution in [1.82, 2.24) is 14.6 Å². The minimum atomic E-state index is -3.52. The lowest BCUT2D eigenvalue weighted by atomic mass is 9.99. The summed E-state index contributed by atoms with van der Waals surface area (Å²) in [4.78, 5) is 6.77. The van der Waals surface area contributed by atoms with Crippen LogP contribution in [0.25, 0.3) is 0 Å². The Hall–Kier alpha value is -1.18. The molecule has 2 aliphatic rings. The van der Waals surface area contributed by atoms with E-state index in [-0.39, 0.29) is 10.9 Å². The summed E-state index contributed by atoms with van der Waals surface area (Å²) in [6, 6.07) is 3.81. The van der Waals surface area contributed by atoms with Crippen LogP contribution in [0.5, 0.6) is 0 Å². The van der Waals surface area contributed by atoms with Gasteiger partial charge < -0.3 is 10.2 Å². The number of fused-ring (bicyclic) bond motifs is 1. The topological polar surface area (TPSA) is 74.3 Å². The van der Waals surface area contributed by atoms with Crippen molar-refractivity contribution in [3.63, 3.8) is 0 Å². The van der Waals surface area contributed by atoms with Crippen molar-refractivity contribution in [2.75, 3.05) is 25.5 Å². The van der Waals surface area contributed by atoms with Crippen LogP contribution in [-0.4, -0.2) is 50.5 Å². The maximum atomic E-state index is 12.6. The van der Waals surface area contributed by atoms with Crippen LogP contribution in [0.1, 0.15) is 25.7 Å². The van der Waals surface area contributed by atoms with Gasteiger partial charge in [0, 0.05) is 25.3 Å². The molecule has 0 spiro atoms. The van der Waals surface area contributed by atoms with Gasteiger partial charge in [0.15, 0.2) is 0 Å². The number of nitrogens with zero attached hydrogens (tertiary/aromatic N) is 2. The van der Waals surface area contributed by atoms with Gasteiger partial charge in [-0.05, 0) is 50.9 Å². The lowest BCUT2D eigenvalue weighted by Crippen LogP contribution is -2.47. The lowest BCUT2D eigenvalue weighted by Gasteiger charge is -2.34. The van der Waals surface area contributed by atoms with Crippen LogP contribution in [0.2, 0.25) is 0 Å². The molecule has 2 fully saturated rings. The smallest absolute Gasteiger partial charge is 0.244 e. The Balaban J connectivity index is 1.74.